The van der Waals surface area contributed by atoms with E-state index in [9.17, 15) is 13.6 Å². The van der Waals surface area contributed by atoms with Crippen LogP contribution >= 0.6 is 11.6 Å². The largest absolute Gasteiger partial charge is 0.340 e. The van der Waals surface area contributed by atoms with Crippen molar-refractivity contribution in [3.63, 3.8) is 0 Å². The lowest BCUT2D eigenvalue weighted by Gasteiger charge is -2.11. The number of benzene rings is 2. The van der Waals surface area contributed by atoms with Gasteiger partial charge in [-0.25, -0.2) is 18.7 Å². The number of aryl methyl sites for hydroxylation is 2. The van der Waals surface area contributed by atoms with Gasteiger partial charge in [0.05, 0.1) is 0 Å². The van der Waals surface area contributed by atoms with E-state index >= 15 is 0 Å². The fourth-order valence-electron chi connectivity index (χ4n) is 2.42. The molecule has 0 unspecified atom stereocenters. The molecule has 0 aliphatic carbocycles. The first-order chi connectivity index (χ1) is 12.8. The smallest absolute Gasteiger partial charge is 0.274 e. The molecule has 0 aliphatic heterocycles. The second-order valence-electron chi connectivity index (χ2n) is 5.85. The van der Waals surface area contributed by atoms with Gasteiger partial charge in [0.15, 0.2) is 11.6 Å². The van der Waals surface area contributed by atoms with Crippen molar-refractivity contribution in [3.8, 4) is 0 Å². The third-order valence-electron chi connectivity index (χ3n) is 3.70. The lowest BCUT2D eigenvalue weighted by Crippen LogP contribution is -2.15. The van der Waals surface area contributed by atoms with Crippen LogP contribution in [-0.2, 0) is 0 Å². The Balaban J connectivity index is 1.83. The Morgan fingerprint density at radius 2 is 1.78 bits per heavy atom. The van der Waals surface area contributed by atoms with Gasteiger partial charge in [0.25, 0.3) is 5.91 Å². The van der Waals surface area contributed by atoms with Crippen LogP contribution in [0.1, 0.15) is 21.9 Å². The van der Waals surface area contributed by atoms with E-state index in [2.05, 4.69) is 20.6 Å². The molecule has 1 aromatic heterocycles. The highest BCUT2D eigenvalue weighted by atomic mass is 35.5. The number of nitrogens with one attached hydrogen (secondary N) is 2. The molecule has 0 aliphatic rings. The molecule has 1 amide bonds. The van der Waals surface area contributed by atoms with Crippen LogP contribution in [0.25, 0.3) is 0 Å². The Hall–Kier alpha value is -3.06. The SMILES string of the molecule is Cc1nc(Nc2ccc(Cl)cc2C)cc(C(=O)Nc2ccc(F)c(F)c2)n1. The molecule has 27 heavy (non-hydrogen) atoms. The minimum Gasteiger partial charge on any atom is -0.340 e. The predicted molar refractivity (Wildman–Crippen MR) is 101 cm³/mol. The molecule has 8 heteroatoms. The molecule has 0 spiro atoms. The second kappa shape index (κ2) is 7.67. The first-order valence-corrected chi connectivity index (χ1v) is 8.35. The molecule has 2 N–H and O–H groups in total. The molecule has 0 saturated heterocycles. The molecule has 2 aromatic carbocycles. The summed E-state index contributed by atoms with van der Waals surface area (Å²) in [5.74, 6) is -1.81. The summed E-state index contributed by atoms with van der Waals surface area (Å²) >= 11 is 5.95. The summed E-state index contributed by atoms with van der Waals surface area (Å²) in [4.78, 5) is 20.8. The van der Waals surface area contributed by atoms with Gasteiger partial charge in [-0.15, -0.1) is 0 Å². The zero-order valence-electron chi connectivity index (χ0n) is 14.5. The van der Waals surface area contributed by atoms with Crippen molar-refractivity contribution in [2.75, 3.05) is 10.6 Å². The van der Waals surface area contributed by atoms with Gasteiger partial charge in [-0.05, 0) is 49.7 Å². The Kier molecular flexibility index (Phi) is 5.32. The molecule has 3 rings (SSSR count). The van der Waals surface area contributed by atoms with Crippen LogP contribution in [0.15, 0.2) is 42.5 Å². The first-order valence-electron chi connectivity index (χ1n) is 7.97. The van der Waals surface area contributed by atoms with Gasteiger partial charge in [-0.3, -0.25) is 4.79 Å². The van der Waals surface area contributed by atoms with Gasteiger partial charge >= 0.3 is 0 Å². The van der Waals surface area contributed by atoms with Crippen LogP contribution in [0.3, 0.4) is 0 Å². The highest BCUT2D eigenvalue weighted by Gasteiger charge is 2.13. The average Bonchev–Trinajstić information content (AvgIpc) is 2.60. The molecule has 0 saturated carbocycles. The summed E-state index contributed by atoms with van der Waals surface area (Å²) in [6.45, 7) is 3.53. The Bertz CT molecular complexity index is 1030. The Morgan fingerprint density at radius 1 is 1.00 bits per heavy atom. The normalized spacial score (nSPS) is 10.6. The van der Waals surface area contributed by atoms with Crippen LogP contribution in [0.4, 0.5) is 26.0 Å². The van der Waals surface area contributed by atoms with Crippen molar-refractivity contribution >= 4 is 34.7 Å². The number of carbonyl (C=O) groups is 1. The number of rotatable bonds is 4. The van der Waals surface area contributed by atoms with E-state index in [1.54, 1.807) is 25.1 Å². The standard InChI is InChI=1S/C19H15ClF2N4O/c1-10-7-12(20)3-6-16(10)26-18-9-17(23-11(2)24-18)19(27)25-13-4-5-14(21)15(22)8-13/h3-9H,1-2H3,(H,25,27)(H,23,24,26). The number of amides is 1. The van der Waals surface area contributed by atoms with Gasteiger partial charge in [0, 0.05) is 28.5 Å². The molecular weight excluding hydrogens is 374 g/mol. The summed E-state index contributed by atoms with van der Waals surface area (Å²) < 4.78 is 26.3. The van der Waals surface area contributed by atoms with Crippen LogP contribution in [-0.4, -0.2) is 15.9 Å². The molecular formula is C19H15ClF2N4O. The van der Waals surface area contributed by atoms with E-state index < -0.39 is 17.5 Å². The minimum absolute atomic E-state index is 0.0846. The summed E-state index contributed by atoms with van der Waals surface area (Å²) in [5, 5.41) is 6.21. The summed E-state index contributed by atoms with van der Waals surface area (Å²) in [6, 6.07) is 9.91. The van der Waals surface area contributed by atoms with E-state index in [1.165, 1.54) is 12.1 Å². The molecule has 0 radical (unpaired) electrons. The fraction of sp³-hybridized carbons (Fsp3) is 0.105. The molecule has 3 aromatic rings. The zero-order chi connectivity index (χ0) is 19.6. The first kappa shape index (κ1) is 18.7. The van der Waals surface area contributed by atoms with Gasteiger partial charge in [0.1, 0.15) is 17.3 Å². The van der Waals surface area contributed by atoms with Crippen LogP contribution in [0.2, 0.25) is 5.02 Å². The quantitative estimate of drug-likeness (QED) is 0.658. The zero-order valence-corrected chi connectivity index (χ0v) is 15.2. The Morgan fingerprint density at radius 3 is 2.48 bits per heavy atom. The van der Waals surface area contributed by atoms with Crippen LogP contribution < -0.4 is 10.6 Å². The number of hydrogen-bond donors (Lipinski definition) is 2. The maximum absolute atomic E-state index is 13.3. The predicted octanol–water partition coefficient (Wildman–Crippen LogP) is 5.02. The van der Waals surface area contributed by atoms with E-state index in [1.807, 2.05) is 6.92 Å². The van der Waals surface area contributed by atoms with E-state index in [-0.39, 0.29) is 11.4 Å². The van der Waals surface area contributed by atoms with Gasteiger partial charge in [-0.2, -0.15) is 0 Å². The summed E-state index contributed by atoms with van der Waals surface area (Å²) in [7, 11) is 0. The van der Waals surface area contributed by atoms with Gasteiger partial charge < -0.3 is 10.6 Å². The van der Waals surface area contributed by atoms with E-state index in [0.717, 1.165) is 23.4 Å². The molecule has 5 nitrogen and oxygen atoms in total. The molecule has 138 valence electrons. The summed E-state index contributed by atoms with van der Waals surface area (Å²) in [6.07, 6.45) is 0. The molecule has 0 bridgehead atoms. The number of hydrogen-bond acceptors (Lipinski definition) is 4. The van der Waals surface area contributed by atoms with Crippen molar-refractivity contribution in [1.82, 2.24) is 9.97 Å². The number of halogens is 3. The highest BCUT2D eigenvalue weighted by molar-refractivity contribution is 6.30. The third kappa shape index (κ3) is 4.57. The lowest BCUT2D eigenvalue weighted by molar-refractivity contribution is 0.102. The van der Waals surface area contributed by atoms with Crippen molar-refractivity contribution in [1.29, 1.82) is 0 Å². The van der Waals surface area contributed by atoms with Crippen molar-refractivity contribution in [3.05, 3.63) is 76.2 Å². The van der Waals surface area contributed by atoms with Gasteiger partial charge in [0.2, 0.25) is 0 Å². The molecule has 0 atom stereocenters. The molecule has 0 fully saturated rings. The van der Waals surface area contributed by atoms with E-state index in [4.69, 9.17) is 11.6 Å². The van der Waals surface area contributed by atoms with Crippen molar-refractivity contribution in [2.45, 2.75) is 13.8 Å². The van der Waals surface area contributed by atoms with Gasteiger partial charge in [-0.1, -0.05) is 11.6 Å². The van der Waals surface area contributed by atoms with E-state index in [0.29, 0.717) is 16.7 Å². The molecule has 1 heterocycles. The fourth-order valence-corrected chi connectivity index (χ4v) is 2.65. The second-order valence-corrected chi connectivity index (χ2v) is 6.29. The summed E-state index contributed by atoms with van der Waals surface area (Å²) in [5.41, 5.74) is 1.90. The maximum Gasteiger partial charge on any atom is 0.274 e. The Labute approximate surface area is 159 Å². The average molecular weight is 389 g/mol. The number of nitrogens with zero attached hydrogens (tertiary/aromatic N) is 2. The topological polar surface area (TPSA) is 66.9 Å². The number of anilines is 3. The number of carbonyl (C=O) groups excluding carboxylic acids is 1. The maximum atomic E-state index is 13.3. The van der Waals surface area contributed by atoms with Crippen molar-refractivity contribution < 1.29 is 13.6 Å². The number of aromatic nitrogens is 2. The lowest BCUT2D eigenvalue weighted by atomic mass is 10.2. The van der Waals surface area contributed by atoms with Crippen molar-refractivity contribution in [2.24, 2.45) is 0 Å². The van der Waals surface area contributed by atoms with Crippen LogP contribution in [0.5, 0.6) is 0 Å². The monoisotopic (exact) mass is 388 g/mol. The van der Waals surface area contributed by atoms with Crippen LogP contribution in [0, 0.1) is 25.5 Å². The highest BCUT2D eigenvalue weighted by Crippen LogP contribution is 2.23. The third-order valence-corrected chi connectivity index (χ3v) is 3.93. The minimum atomic E-state index is -1.05.